The average Bonchev–Trinajstić information content (AvgIpc) is 2.98. The standard InChI is InChI=1S/C16H13F3N2O4/c1-21-8-2-3-12(21)14(23)20-13(22)9-25-15(24)10-4-6-11(7-5-10)16(17,18)19/h2-8H,9H2,1H3,(H,20,22,23). The topological polar surface area (TPSA) is 77.4 Å². The maximum Gasteiger partial charge on any atom is 0.416 e. The van der Waals surface area contributed by atoms with Gasteiger partial charge in [-0.15, -0.1) is 0 Å². The molecular formula is C16H13F3N2O4. The van der Waals surface area contributed by atoms with E-state index in [2.05, 4.69) is 4.74 Å². The molecule has 0 spiro atoms. The molecule has 25 heavy (non-hydrogen) atoms. The SMILES string of the molecule is Cn1cccc1C(=O)NC(=O)COC(=O)c1ccc(C(F)(F)F)cc1. The number of hydrogen-bond donors (Lipinski definition) is 1. The Labute approximate surface area is 140 Å². The summed E-state index contributed by atoms with van der Waals surface area (Å²) >= 11 is 0. The summed E-state index contributed by atoms with van der Waals surface area (Å²) in [7, 11) is 1.62. The van der Waals surface area contributed by atoms with Gasteiger partial charge in [-0.25, -0.2) is 4.79 Å². The first-order valence-electron chi connectivity index (χ1n) is 6.98. The number of aryl methyl sites for hydroxylation is 1. The van der Waals surface area contributed by atoms with E-state index >= 15 is 0 Å². The lowest BCUT2D eigenvalue weighted by molar-refractivity contribution is -0.137. The summed E-state index contributed by atoms with van der Waals surface area (Å²) in [5.41, 5.74) is -0.813. The van der Waals surface area contributed by atoms with E-state index in [0.717, 1.165) is 24.3 Å². The number of ether oxygens (including phenoxy) is 1. The molecule has 6 nitrogen and oxygen atoms in total. The molecule has 9 heteroatoms. The molecule has 0 unspecified atom stereocenters. The minimum absolute atomic E-state index is 0.144. The van der Waals surface area contributed by atoms with Crippen LogP contribution in [0.3, 0.4) is 0 Å². The minimum atomic E-state index is -4.51. The molecule has 0 atom stereocenters. The van der Waals surface area contributed by atoms with E-state index < -0.39 is 36.1 Å². The summed E-state index contributed by atoms with van der Waals surface area (Å²) in [5, 5.41) is 2.03. The van der Waals surface area contributed by atoms with Crippen LogP contribution in [-0.4, -0.2) is 29.0 Å². The third-order valence-electron chi connectivity index (χ3n) is 3.21. The molecule has 2 amide bonds. The third-order valence-corrected chi connectivity index (χ3v) is 3.21. The molecule has 0 saturated carbocycles. The van der Waals surface area contributed by atoms with Gasteiger partial charge in [0.05, 0.1) is 11.1 Å². The Balaban J connectivity index is 1.88. The van der Waals surface area contributed by atoms with E-state index in [9.17, 15) is 27.6 Å². The lowest BCUT2D eigenvalue weighted by Crippen LogP contribution is -2.35. The smallest absolute Gasteiger partial charge is 0.416 e. The van der Waals surface area contributed by atoms with Crippen molar-refractivity contribution in [3.63, 3.8) is 0 Å². The lowest BCUT2D eigenvalue weighted by Gasteiger charge is -2.08. The van der Waals surface area contributed by atoms with Crippen molar-refractivity contribution in [3.05, 3.63) is 59.4 Å². The number of alkyl halides is 3. The highest BCUT2D eigenvalue weighted by Gasteiger charge is 2.30. The molecule has 132 valence electrons. The van der Waals surface area contributed by atoms with Crippen LogP contribution >= 0.6 is 0 Å². The normalized spacial score (nSPS) is 11.0. The summed E-state index contributed by atoms with van der Waals surface area (Å²) in [6.07, 6.45) is -2.90. The Bertz CT molecular complexity index is 794. The zero-order valence-electron chi connectivity index (χ0n) is 13.0. The minimum Gasteiger partial charge on any atom is -0.452 e. The number of carbonyl (C=O) groups excluding carboxylic acids is 3. The predicted octanol–water partition coefficient (Wildman–Crippen LogP) is 2.16. The van der Waals surface area contributed by atoms with Crippen molar-refractivity contribution in [2.75, 3.05) is 6.61 Å². The van der Waals surface area contributed by atoms with Crippen LogP contribution < -0.4 is 5.32 Å². The second-order valence-electron chi connectivity index (χ2n) is 5.03. The van der Waals surface area contributed by atoms with Gasteiger partial charge < -0.3 is 9.30 Å². The largest absolute Gasteiger partial charge is 0.452 e. The van der Waals surface area contributed by atoms with Gasteiger partial charge in [-0.1, -0.05) is 0 Å². The maximum atomic E-state index is 12.4. The second-order valence-corrected chi connectivity index (χ2v) is 5.03. The monoisotopic (exact) mass is 354 g/mol. The number of hydrogen-bond acceptors (Lipinski definition) is 4. The van der Waals surface area contributed by atoms with Gasteiger partial charge in [-0.05, 0) is 36.4 Å². The fourth-order valence-electron chi connectivity index (χ4n) is 1.93. The summed E-state index contributed by atoms with van der Waals surface area (Å²) < 4.78 is 43.5. The average molecular weight is 354 g/mol. The first-order valence-corrected chi connectivity index (χ1v) is 6.98. The van der Waals surface area contributed by atoms with Crippen LogP contribution in [0.5, 0.6) is 0 Å². The van der Waals surface area contributed by atoms with Crippen molar-refractivity contribution >= 4 is 17.8 Å². The Hall–Kier alpha value is -3.10. The number of nitrogens with zero attached hydrogens (tertiary/aromatic N) is 1. The summed E-state index contributed by atoms with van der Waals surface area (Å²) in [4.78, 5) is 35.1. The molecule has 1 aromatic carbocycles. The number of amides is 2. The molecule has 1 N–H and O–H groups in total. The molecule has 0 saturated heterocycles. The molecule has 0 fully saturated rings. The molecule has 2 aromatic rings. The Morgan fingerprint density at radius 1 is 1.12 bits per heavy atom. The van der Waals surface area contributed by atoms with Crippen molar-refractivity contribution in [3.8, 4) is 0 Å². The van der Waals surface area contributed by atoms with Crippen LogP contribution in [0.4, 0.5) is 13.2 Å². The molecule has 2 rings (SSSR count). The van der Waals surface area contributed by atoms with Crippen LogP contribution in [-0.2, 0) is 22.8 Å². The molecule has 0 aliphatic carbocycles. The van der Waals surface area contributed by atoms with Crippen molar-refractivity contribution in [2.45, 2.75) is 6.18 Å². The summed E-state index contributed by atoms with van der Waals surface area (Å²) in [5.74, 6) is -2.50. The van der Waals surface area contributed by atoms with Gasteiger partial charge in [0.25, 0.3) is 11.8 Å². The van der Waals surface area contributed by atoms with Gasteiger partial charge in [0.1, 0.15) is 5.69 Å². The number of imide groups is 1. The van der Waals surface area contributed by atoms with E-state index in [-0.39, 0.29) is 11.3 Å². The van der Waals surface area contributed by atoms with Gasteiger partial charge in [0.15, 0.2) is 6.61 Å². The van der Waals surface area contributed by atoms with Crippen molar-refractivity contribution in [1.82, 2.24) is 9.88 Å². The first-order chi connectivity index (χ1) is 11.7. The van der Waals surface area contributed by atoms with Gasteiger partial charge in [0.2, 0.25) is 0 Å². The predicted molar refractivity (Wildman–Crippen MR) is 79.6 cm³/mol. The highest BCUT2D eigenvalue weighted by atomic mass is 19.4. The molecule has 1 heterocycles. The first kappa shape index (κ1) is 18.2. The van der Waals surface area contributed by atoms with Crippen molar-refractivity contribution < 1.29 is 32.3 Å². The fraction of sp³-hybridized carbons (Fsp3) is 0.188. The molecule has 0 radical (unpaired) electrons. The molecular weight excluding hydrogens is 341 g/mol. The highest BCUT2D eigenvalue weighted by molar-refractivity contribution is 6.04. The van der Waals surface area contributed by atoms with Crippen LogP contribution in [0, 0.1) is 0 Å². The molecule has 0 bridgehead atoms. The number of benzene rings is 1. The van der Waals surface area contributed by atoms with E-state index in [1.165, 1.54) is 10.6 Å². The van der Waals surface area contributed by atoms with E-state index in [0.29, 0.717) is 0 Å². The number of esters is 1. The number of nitrogens with one attached hydrogen (secondary N) is 1. The van der Waals surface area contributed by atoms with Crippen molar-refractivity contribution in [2.24, 2.45) is 7.05 Å². The summed E-state index contributed by atoms with van der Waals surface area (Å²) in [6, 6.07) is 6.46. The van der Waals surface area contributed by atoms with Gasteiger partial charge >= 0.3 is 12.1 Å². The lowest BCUT2D eigenvalue weighted by atomic mass is 10.1. The number of halogens is 3. The molecule has 1 aromatic heterocycles. The summed E-state index contributed by atoms with van der Waals surface area (Å²) in [6.45, 7) is -0.740. The van der Waals surface area contributed by atoms with E-state index in [4.69, 9.17) is 0 Å². The Morgan fingerprint density at radius 3 is 2.28 bits per heavy atom. The van der Waals surface area contributed by atoms with Gasteiger partial charge in [-0.3, -0.25) is 14.9 Å². The van der Waals surface area contributed by atoms with Crippen LogP contribution in [0.2, 0.25) is 0 Å². The Morgan fingerprint density at radius 2 is 1.76 bits per heavy atom. The molecule has 0 aliphatic heterocycles. The fourth-order valence-corrected chi connectivity index (χ4v) is 1.93. The van der Waals surface area contributed by atoms with Crippen LogP contribution in [0.15, 0.2) is 42.6 Å². The number of carbonyl (C=O) groups is 3. The second kappa shape index (κ2) is 7.20. The van der Waals surface area contributed by atoms with Gasteiger partial charge in [0, 0.05) is 13.2 Å². The van der Waals surface area contributed by atoms with E-state index in [1.54, 1.807) is 19.3 Å². The third kappa shape index (κ3) is 4.69. The zero-order valence-corrected chi connectivity index (χ0v) is 13.0. The maximum absolute atomic E-state index is 12.4. The van der Waals surface area contributed by atoms with Crippen LogP contribution in [0.1, 0.15) is 26.4 Å². The Kier molecular flexibility index (Phi) is 5.26. The van der Waals surface area contributed by atoms with E-state index in [1.807, 2.05) is 5.32 Å². The number of rotatable bonds is 4. The quantitative estimate of drug-likeness (QED) is 0.854. The number of aromatic nitrogens is 1. The zero-order chi connectivity index (χ0) is 18.6. The van der Waals surface area contributed by atoms with Gasteiger partial charge in [-0.2, -0.15) is 13.2 Å². The van der Waals surface area contributed by atoms with Crippen LogP contribution in [0.25, 0.3) is 0 Å². The highest BCUT2D eigenvalue weighted by Crippen LogP contribution is 2.29. The van der Waals surface area contributed by atoms with Crippen molar-refractivity contribution in [1.29, 1.82) is 0 Å². The molecule has 0 aliphatic rings.